The Morgan fingerprint density at radius 1 is 0.950 bits per heavy atom. The highest BCUT2D eigenvalue weighted by atomic mass is 35.5. The van der Waals surface area contributed by atoms with E-state index in [-0.39, 0.29) is 6.41 Å². The number of likely N-dealkylation sites (tertiary alicyclic amines) is 1. The second-order valence-corrected chi connectivity index (χ2v) is 10.7. The van der Waals surface area contributed by atoms with Gasteiger partial charge in [0.15, 0.2) is 0 Å². The number of hydrogen-bond acceptors (Lipinski definition) is 6. The van der Waals surface area contributed by atoms with Gasteiger partial charge in [-0.25, -0.2) is 4.98 Å². The summed E-state index contributed by atoms with van der Waals surface area (Å²) < 4.78 is 11.5. The van der Waals surface area contributed by atoms with Crippen LogP contribution in [0, 0.1) is 0 Å². The summed E-state index contributed by atoms with van der Waals surface area (Å²) in [6.45, 7) is 6.09. The van der Waals surface area contributed by atoms with Crippen molar-refractivity contribution in [2.24, 2.45) is 5.73 Å². The Morgan fingerprint density at radius 2 is 1.70 bits per heavy atom. The zero-order valence-electron chi connectivity index (χ0n) is 23.2. The fraction of sp³-hybridized carbons (Fsp3) is 0.438. The Labute approximate surface area is 243 Å². The fourth-order valence-corrected chi connectivity index (χ4v) is 5.17. The second kappa shape index (κ2) is 16.1. The second-order valence-electron chi connectivity index (χ2n) is 10.3. The fourth-order valence-electron chi connectivity index (χ4n) is 4.92. The highest BCUT2D eigenvalue weighted by Gasteiger charge is 2.24. The first-order chi connectivity index (χ1) is 19.6. The van der Waals surface area contributed by atoms with Gasteiger partial charge < -0.3 is 25.0 Å². The van der Waals surface area contributed by atoms with Crippen molar-refractivity contribution in [1.29, 1.82) is 0 Å². The molecule has 0 bridgehead atoms. The van der Waals surface area contributed by atoms with Crippen molar-refractivity contribution < 1.29 is 14.3 Å². The number of amides is 1. The van der Waals surface area contributed by atoms with Crippen molar-refractivity contribution in [2.45, 2.75) is 57.5 Å². The minimum absolute atomic E-state index is 0.250. The van der Waals surface area contributed by atoms with Gasteiger partial charge in [-0.2, -0.15) is 0 Å². The molecule has 0 radical (unpaired) electrons. The third kappa shape index (κ3) is 10.0. The number of ether oxygens (including phenoxy) is 2. The largest absolute Gasteiger partial charge is 0.489 e. The van der Waals surface area contributed by atoms with Gasteiger partial charge in [-0.1, -0.05) is 29.8 Å². The molecule has 2 aromatic carbocycles. The number of nitrogens with two attached hydrogens (primary N) is 1. The van der Waals surface area contributed by atoms with Crippen LogP contribution in [0.5, 0.6) is 17.4 Å². The monoisotopic (exact) mass is 564 g/mol. The standard InChI is InChI=1S/C16H22ClNO.C15H16N2O.CH3NO/c17-15-12-13(4-3-11-18-9-1-2-10-18)5-8-16(15)19-14-6-7-14;1-2-9-16-15(8-1)18-14-7-5-6-13(12-14)17-10-3-4-11-17;2-1-3/h5,8,12,14H,1-4,6-7,9-11H2;1-2,5-9,12H,3-4,10-11H2;1H,(H2,2,3). The molecular formula is C32H41ClN4O3. The molecule has 1 saturated carbocycles. The van der Waals surface area contributed by atoms with Crippen LogP contribution < -0.4 is 20.1 Å². The van der Waals surface area contributed by atoms with E-state index < -0.39 is 0 Å². The molecule has 1 aromatic heterocycles. The minimum atomic E-state index is 0.250. The van der Waals surface area contributed by atoms with Crippen LogP contribution in [0.4, 0.5) is 5.69 Å². The molecule has 3 aliphatic rings. The van der Waals surface area contributed by atoms with Crippen LogP contribution in [0.25, 0.3) is 0 Å². The first kappa shape index (κ1) is 29.7. The van der Waals surface area contributed by atoms with Crippen LogP contribution >= 0.6 is 11.6 Å². The number of hydrogen-bond donors (Lipinski definition) is 1. The van der Waals surface area contributed by atoms with Crippen molar-refractivity contribution in [3.8, 4) is 17.4 Å². The van der Waals surface area contributed by atoms with E-state index in [1.54, 1.807) is 6.20 Å². The number of primary amides is 1. The molecule has 1 aliphatic carbocycles. The first-order valence-corrected chi connectivity index (χ1v) is 14.8. The molecule has 8 heteroatoms. The average Bonchev–Trinajstić information content (AvgIpc) is 3.38. The van der Waals surface area contributed by atoms with Crippen LogP contribution in [0.2, 0.25) is 5.02 Å². The van der Waals surface area contributed by atoms with E-state index in [2.05, 4.69) is 44.8 Å². The van der Waals surface area contributed by atoms with E-state index in [1.165, 1.54) is 75.8 Å². The zero-order valence-corrected chi connectivity index (χ0v) is 24.0. The van der Waals surface area contributed by atoms with Gasteiger partial charge in [-0.05, 0) is 107 Å². The van der Waals surface area contributed by atoms with Crippen molar-refractivity contribution in [1.82, 2.24) is 9.88 Å². The normalized spacial score (nSPS) is 16.4. The number of nitrogens with zero attached hydrogens (tertiary/aromatic N) is 3. The van der Waals surface area contributed by atoms with Gasteiger partial charge in [0.25, 0.3) is 0 Å². The van der Waals surface area contributed by atoms with E-state index in [9.17, 15) is 0 Å². The molecule has 7 nitrogen and oxygen atoms in total. The maximum Gasteiger partial charge on any atom is 0.219 e. The quantitative estimate of drug-likeness (QED) is 0.299. The Kier molecular flexibility index (Phi) is 11.9. The number of aromatic nitrogens is 1. The van der Waals surface area contributed by atoms with E-state index in [0.717, 1.165) is 36.0 Å². The number of aryl methyl sites for hydroxylation is 1. The summed E-state index contributed by atoms with van der Waals surface area (Å²) in [5.41, 5.74) is 6.73. The third-order valence-electron chi connectivity index (χ3n) is 7.10. The Balaban J connectivity index is 0.000000169. The lowest BCUT2D eigenvalue weighted by Crippen LogP contribution is -2.20. The first-order valence-electron chi connectivity index (χ1n) is 14.4. The Bertz CT molecular complexity index is 1160. The number of rotatable bonds is 9. The molecule has 3 fully saturated rings. The number of anilines is 1. The van der Waals surface area contributed by atoms with Gasteiger partial charge in [0.1, 0.15) is 11.5 Å². The summed E-state index contributed by atoms with van der Waals surface area (Å²) in [5, 5.41) is 0.769. The number of carbonyl (C=O) groups excluding carboxylic acids is 1. The van der Waals surface area contributed by atoms with Crippen molar-refractivity contribution >= 4 is 23.7 Å². The maximum atomic E-state index is 8.58. The molecule has 214 valence electrons. The van der Waals surface area contributed by atoms with Crippen molar-refractivity contribution in [2.75, 3.05) is 37.6 Å². The van der Waals surface area contributed by atoms with Gasteiger partial charge >= 0.3 is 0 Å². The van der Waals surface area contributed by atoms with Crippen LogP contribution in [-0.4, -0.2) is 55.1 Å². The zero-order chi connectivity index (χ0) is 28.0. The third-order valence-corrected chi connectivity index (χ3v) is 7.40. The molecular weight excluding hydrogens is 524 g/mol. The molecule has 0 unspecified atom stereocenters. The SMILES string of the molecule is Clc1cc(CCCN2CCCC2)ccc1OC1CC1.NC=O.c1ccc(Oc2cccc(N3CCCC3)c2)nc1. The van der Waals surface area contributed by atoms with Gasteiger partial charge in [0.2, 0.25) is 12.3 Å². The molecule has 40 heavy (non-hydrogen) atoms. The van der Waals surface area contributed by atoms with Crippen LogP contribution in [0.3, 0.4) is 0 Å². The predicted octanol–water partition coefficient (Wildman–Crippen LogP) is 6.49. The maximum absolute atomic E-state index is 8.58. The Morgan fingerprint density at radius 3 is 2.38 bits per heavy atom. The lowest BCUT2D eigenvalue weighted by atomic mass is 10.1. The van der Waals surface area contributed by atoms with Crippen LogP contribution in [-0.2, 0) is 11.2 Å². The smallest absolute Gasteiger partial charge is 0.219 e. The van der Waals surface area contributed by atoms with Crippen molar-refractivity contribution in [3.05, 3.63) is 77.4 Å². The molecule has 1 amide bonds. The van der Waals surface area contributed by atoms with Gasteiger partial charge in [0.05, 0.1) is 11.1 Å². The van der Waals surface area contributed by atoms with E-state index >= 15 is 0 Å². The number of benzene rings is 2. The topological polar surface area (TPSA) is 80.9 Å². The van der Waals surface area contributed by atoms with E-state index in [4.69, 9.17) is 25.9 Å². The summed E-state index contributed by atoms with van der Waals surface area (Å²) in [6.07, 6.45) is 12.4. The minimum Gasteiger partial charge on any atom is -0.489 e. The highest BCUT2D eigenvalue weighted by molar-refractivity contribution is 6.32. The predicted molar refractivity (Wildman–Crippen MR) is 162 cm³/mol. The molecule has 6 rings (SSSR count). The number of halogens is 1. The van der Waals surface area contributed by atoms with Crippen LogP contribution in [0.1, 0.15) is 50.5 Å². The lowest BCUT2D eigenvalue weighted by Gasteiger charge is -2.18. The molecule has 2 saturated heterocycles. The van der Waals surface area contributed by atoms with Crippen molar-refractivity contribution in [3.63, 3.8) is 0 Å². The number of pyridine rings is 1. The molecule has 2 N–H and O–H groups in total. The van der Waals surface area contributed by atoms with E-state index in [1.807, 2.05) is 36.4 Å². The molecule has 3 heterocycles. The Hall–Kier alpha value is -3.29. The summed E-state index contributed by atoms with van der Waals surface area (Å²) in [4.78, 5) is 17.7. The van der Waals surface area contributed by atoms with Gasteiger partial charge in [-0.3, -0.25) is 4.79 Å². The average molecular weight is 565 g/mol. The molecule has 3 aromatic rings. The van der Waals surface area contributed by atoms with Gasteiger partial charge in [-0.15, -0.1) is 0 Å². The summed E-state index contributed by atoms with van der Waals surface area (Å²) >= 11 is 6.27. The number of carbonyl (C=O) groups is 1. The highest BCUT2D eigenvalue weighted by Crippen LogP contribution is 2.32. The summed E-state index contributed by atoms with van der Waals surface area (Å²) in [5.74, 6) is 2.33. The summed E-state index contributed by atoms with van der Waals surface area (Å²) in [7, 11) is 0. The lowest BCUT2D eigenvalue weighted by molar-refractivity contribution is -0.106. The summed E-state index contributed by atoms with van der Waals surface area (Å²) in [6, 6.07) is 20.2. The van der Waals surface area contributed by atoms with Crippen LogP contribution in [0.15, 0.2) is 66.9 Å². The molecule has 0 spiro atoms. The van der Waals surface area contributed by atoms with Gasteiger partial charge in [0, 0.05) is 37.1 Å². The molecule has 0 atom stereocenters. The van der Waals surface area contributed by atoms with E-state index in [0.29, 0.717) is 12.0 Å². The molecule has 2 aliphatic heterocycles.